The minimum Gasteiger partial charge on any atom is -0.347 e. The molecule has 0 aliphatic carbocycles. The molecule has 1 rings (SSSR count). The monoisotopic (exact) mass is 176 g/mol. The van der Waals surface area contributed by atoms with Crippen LogP contribution in [-0.2, 0) is 0 Å². The third-order valence-corrected chi connectivity index (χ3v) is 2.02. The lowest BCUT2D eigenvalue weighted by Gasteiger charge is -2.04. The average Bonchev–Trinajstić information content (AvgIpc) is 2.16. The first-order valence-corrected chi connectivity index (χ1v) is 4.58. The van der Waals surface area contributed by atoms with E-state index in [0.717, 1.165) is 12.2 Å². The molecule has 13 heavy (non-hydrogen) atoms. The normalized spacial score (nSPS) is 11.5. The first-order chi connectivity index (χ1) is 6.24. The molecular weight excluding hydrogens is 160 g/mol. The molecule has 1 N–H and O–H groups in total. The summed E-state index contributed by atoms with van der Waals surface area (Å²) < 4.78 is 0. The van der Waals surface area contributed by atoms with E-state index in [2.05, 4.69) is 24.1 Å². The predicted octanol–water partition coefficient (Wildman–Crippen LogP) is 3.12. The number of nitrogens with zero attached hydrogens (tertiary/aromatic N) is 1. The number of anilines is 1. The van der Waals surface area contributed by atoms with Crippen LogP contribution in [0.2, 0.25) is 0 Å². The number of aromatic nitrogens is 1. The quantitative estimate of drug-likeness (QED) is 0.765. The van der Waals surface area contributed by atoms with Crippen molar-refractivity contribution in [2.24, 2.45) is 0 Å². The van der Waals surface area contributed by atoms with Crippen LogP contribution in [0.1, 0.15) is 25.8 Å². The second-order valence-corrected chi connectivity index (χ2v) is 3.16. The van der Waals surface area contributed by atoms with Crippen molar-refractivity contribution in [1.29, 1.82) is 0 Å². The average molecular weight is 176 g/mol. The Labute approximate surface area is 79.7 Å². The van der Waals surface area contributed by atoms with Gasteiger partial charge in [0.15, 0.2) is 0 Å². The molecule has 2 nitrogen and oxygen atoms in total. The largest absolute Gasteiger partial charge is 0.347 e. The predicted molar refractivity (Wildman–Crippen MR) is 56.6 cm³/mol. The fraction of sp³-hybridized carbons (Fsp3) is 0.364. The van der Waals surface area contributed by atoms with Crippen LogP contribution in [-0.4, -0.2) is 4.98 Å². The van der Waals surface area contributed by atoms with Gasteiger partial charge in [0.1, 0.15) is 5.82 Å². The Kier molecular flexibility index (Phi) is 3.50. The lowest BCUT2D eigenvalue weighted by Crippen LogP contribution is -1.94. The van der Waals surface area contributed by atoms with Crippen LogP contribution in [0.5, 0.6) is 0 Å². The Bertz CT molecular complexity index is 303. The minimum absolute atomic E-state index is 0.940. The van der Waals surface area contributed by atoms with Crippen LogP contribution in [0.4, 0.5) is 5.82 Å². The Morgan fingerprint density at radius 3 is 3.00 bits per heavy atom. The molecular formula is C11H16N2. The summed E-state index contributed by atoms with van der Waals surface area (Å²) in [5, 5.41) is 3.19. The second kappa shape index (κ2) is 4.65. The van der Waals surface area contributed by atoms with Gasteiger partial charge in [0.2, 0.25) is 0 Å². The molecule has 0 atom stereocenters. The highest BCUT2D eigenvalue weighted by Gasteiger charge is 1.94. The zero-order valence-electron chi connectivity index (χ0n) is 8.46. The highest BCUT2D eigenvalue weighted by atomic mass is 15.0. The van der Waals surface area contributed by atoms with Crippen molar-refractivity contribution in [1.82, 2.24) is 4.98 Å². The third kappa shape index (κ3) is 2.90. The summed E-state index contributed by atoms with van der Waals surface area (Å²) in [5.41, 5.74) is 2.49. The molecule has 0 aromatic carbocycles. The molecule has 0 saturated heterocycles. The molecule has 0 amide bonds. The molecule has 1 aromatic heterocycles. The van der Waals surface area contributed by atoms with Gasteiger partial charge in [0.25, 0.3) is 0 Å². The summed E-state index contributed by atoms with van der Waals surface area (Å²) in [6, 6.07) is 3.99. The maximum Gasteiger partial charge on any atom is 0.132 e. The van der Waals surface area contributed by atoms with E-state index in [1.807, 2.05) is 25.3 Å². The van der Waals surface area contributed by atoms with Crippen molar-refractivity contribution in [3.05, 3.63) is 35.7 Å². The van der Waals surface area contributed by atoms with Crippen LogP contribution in [0.15, 0.2) is 30.1 Å². The molecule has 0 unspecified atom stereocenters. The van der Waals surface area contributed by atoms with Crippen LogP contribution >= 0.6 is 0 Å². The highest BCUT2D eigenvalue weighted by Crippen LogP contribution is 2.09. The molecule has 0 radical (unpaired) electrons. The molecule has 1 aromatic rings. The zero-order chi connectivity index (χ0) is 9.68. The maximum absolute atomic E-state index is 4.23. The standard InChI is InChI=1S/C11H16N2/c1-4-9(2)8-13-11-10(3)6-5-7-12-11/h5-8H,4H2,1-3H3,(H,12,13)/b9-8-. The number of hydrogen-bond donors (Lipinski definition) is 1. The lowest BCUT2D eigenvalue weighted by molar-refractivity contribution is 1.09. The van der Waals surface area contributed by atoms with E-state index in [-0.39, 0.29) is 0 Å². The molecule has 0 aliphatic rings. The number of nitrogens with one attached hydrogen (secondary N) is 1. The van der Waals surface area contributed by atoms with Crippen molar-refractivity contribution in [3.8, 4) is 0 Å². The van der Waals surface area contributed by atoms with Gasteiger partial charge in [0, 0.05) is 12.4 Å². The Morgan fingerprint density at radius 1 is 1.62 bits per heavy atom. The van der Waals surface area contributed by atoms with Crippen LogP contribution in [0, 0.1) is 6.92 Å². The van der Waals surface area contributed by atoms with E-state index in [0.29, 0.717) is 0 Å². The molecule has 0 fully saturated rings. The summed E-state index contributed by atoms with van der Waals surface area (Å²) in [6.45, 7) is 6.29. The summed E-state index contributed by atoms with van der Waals surface area (Å²) in [5.74, 6) is 0.940. The first kappa shape index (κ1) is 9.78. The van der Waals surface area contributed by atoms with E-state index >= 15 is 0 Å². The van der Waals surface area contributed by atoms with E-state index in [1.165, 1.54) is 11.1 Å². The molecule has 0 saturated carbocycles. The number of rotatable bonds is 3. The number of pyridine rings is 1. The van der Waals surface area contributed by atoms with Gasteiger partial charge in [-0.3, -0.25) is 0 Å². The topological polar surface area (TPSA) is 24.9 Å². The summed E-state index contributed by atoms with van der Waals surface area (Å²) in [4.78, 5) is 4.23. The molecule has 0 aliphatic heterocycles. The van der Waals surface area contributed by atoms with Gasteiger partial charge >= 0.3 is 0 Å². The van der Waals surface area contributed by atoms with E-state index in [9.17, 15) is 0 Å². The number of aryl methyl sites for hydroxylation is 1. The second-order valence-electron chi connectivity index (χ2n) is 3.16. The summed E-state index contributed by atoms with van der Waals surface area (Å²) >= 11 is 0. The Balaban J connectivity index is 2.70. The summed E-state index contributed by atoms with van der Waals surface area (Å²) in [7, 11) is 0. The number of allylic oxidation sites excluding steroid dienone is 1. The smallest absolute Gasteiger partial charge is 0.132 e. The minimum atomic E-state index is 0.940. The van der Waals surface area contributed by atoms with E-state index in [1.54, 1.807) is 6.20 Å². The van der Waals surface area contributed by atoms with Crippen molar-refractivity contribution in [3.63, 3.8) is 0 Å². The molecule has 70 valence electrons. The fourth-order valence-corrected chi connectivity index (χ4v) is 0.930. The van der Waals surface area contributed by atoms with Gasteiger partial charge in [-0.25, -0.2) is 4.98 Å². The van der Waals surface area contributed by atoms with Gasteiger partial charge in [-0.15, -0.1) is 0 Å². The Hall–Kier alpha value is -1.31. The first-order valence-electron chi connectivity index (χ1n) is 4.58. The lowest BCUT2D eigenvalue weighted by atomic mass is 10.2. The van der Waals surface area contributed by atoms with Crippen LogP contribution in [0.25, 0.3) is 0 Å². The molecule has 0 bridgehead atoms. The van der Waals surface area contributed by atoms with Crippen LogP contribution in [0.3, 0.4) is 0 Å². The van der Waals surface area contributed by atoms with Gasteiger partial charge in [-0.2, -0.15) is 0 Å². The Morgan fingerprint density at radius 2 is 2.38 bits per heavy atom. The van der Waals surface area contributed by atoms with E-state index < -0.39 is 0 Å². The SMILES string of the molecule is CC/C(C)=C\Nc1ncccc1C. The van der Waals surface area contributed by atoms with E-state index in [4.69, 9.17) is 0 Å². The van der Waals surface area contributed by atoms with Crippen molar-refractivity contribution >= 4 is 5.82 Å². The number of hydrogen-bond acceptors (Lipinski definition) is 2. The zero-order valence-corrected chi connectivity index (χ0v) is 8.46. The van der Waals surface area contributed by atoms with Gasteiger partial charge < -0.3 is 5.32 Å². The van der Waals surface area contributed by atoms with Crippen molar-refractivity contribution in [2.75, 3.05) is 5.32 Å². The van der Waals surface area contributed by atoms with Gasteiger partial charge in [-0.1, -0.05) is 18.6 Å². The van der Waals surface area contributed by atoms with Crippen LogP contribution < -0.4 is 5.32 Å². The molecule has 0 spiro atoms. The molecule has 2 heteroatoms. The maximum atomic E-state index is 4.23. The summed E-state index contributed by atoms with van der Waals surface area (Å²) in [6.07, 6.45) is 4.87. The fourth-order valence-electron chi connectivity index (χ4n) is 0.930. The molecule has 1 heterocycles. The van der Waals surface area contributed by atoms with Gasteiger partial charge in [-0.05, 0) is 31.9 Å². The van der Waals surface area contributed by atoms with Crippen molar-refractivity contribution < 1.29 is 0 Å². The van der Waals surface area contributed by atoms with Gasteiger partial charge in [0.05, 0.1) is 0 Å². The highest BCUT2D eigenvalue weighted by molar-refractivity contribution is 5.45. The van der Waals surface area contributed by atoms with Crippen molar-refractivity contribution in [2.45, 2.75) is 27.2 Å². The third-order valence-electron chi connectivity index (χ3n) is 2.02.